The number of hydrogen-bond acceptors (Lipinski definition) is 5. The SMILES string of the molecule is Cc1ccc(NC(=O)c2cccc([N+](=O)[O-])c2C)cc1S(=O)(=O)Nc1cccc(Cl)c1. The van der Waals surface area contributed by atoms with Crippen LogP contribution in [0.5, 0.6) is 0 Å². The second kappa shape index (κ2) is 8.75. The normalized spacial score (nSPS) is 11.1. The highest BCUT2D eigenvalue weighted by molar-refractivity contribution is 7.92. The number of rotatable bonds is 6. The molecule has 0 aliphatic carbocycles. The number of hydrogen-bond donors (Lipinski definition) is 2. The summed E-state index contributed by atoms with van der Waals surface area (Å²) in [6.45, 7) is 3.11. The number of anilines is 2. The Balaban J connectivity index is 1.90. The summed E-state index contributed by atoms with van der Waals surface area (Å²) in [6, 6.07) is 14.9. The van der Waals surface area contributed by atoms with Crippen LogP contribution in [0.3, 0.4) is 0 Å². The number of benzene rings is 3. The highest BCUT2D eigenvalue weighted by Gasteiger charge is 2.21. The van der Waals surface area contributed by atoms with E-state index >= 15 is 0 Å². The molecule has 1 amide bonds. The van der Waals surface area contributed by atoms with E-state index in [0.717, 1.165) is 0 Å². The average molecular weight is 460 g/mol. The predicted molar refractivity (Wildman–Crippen MR) is 119 cm³/mol. The zero-order chi connectivity index (χ0) is 22.8. The Morgan fingerprint density at radius 3 is 2.39 bits per heavy atom. The average Bonchev–Trinajstić information content (AvgIpc) is 2.68. The van der Waals surface area contributed by atoms with Gasteiger partial charge in [0.15, 0.2) is 0 Å². The van der Waals surface area contributed by atoms with E-state index in [1.54, 1.807) is 37.3 Å². The van der Waals surface area contributed by atoms with Crippen molar-refractivity contribution in [1.82, 2.24) is 0 Å². The molecule has 0 atom stereocenters. The van der Waals surface area contributed by atoms with Crippen LogP contribution in [-0.2, 0) is 10.0 Å². The van der Waals surface area contributed by atoms with E-state index in [9.17, 15) is 23.3 Å². The molecule has 0 heterocycles. The Bertz CT molecular complexity index is 1290. The van der Waals surface area contributed by atoms with Crippen LogP contribution in [0.15, 0.2) is 65.6 Å². The molecular formula is C21H18ClN3O5S. The molecule has 10 heteroatoms. The standard InChI is InChI=1S/C21H18ClN3O5S/c1-13-9-10-16(23-21(26)18-7-4-8-19(14(18)2)25(27)28)12-20(13)31(29,30)24-17-6-3-5-15(22)11-17/h3-12,24H,1-2H3,(H,23,26). The van der Waals surface area contributed by atoms with Gasteiger partial charge in [-0.05, 0) is 55.8 Å². The van der Waals surface area contributed by atoms with Crippen molar-refractivity contribution in [1.29, 1.82) is 0 Å². The summed E-state index contributed by atoms with van der Waals surface area (Å²) < 4.78 is 28.2. The first-order valence-corrected chi connectivity index (χ1v) is 10.9. The van der Waals surface area contributed by atoms with Crippen molar-refractivity contribution in [3.63, 3.8) is 0 Å². The topological polar surface area (TPSA) is 118 Å². The van der Waals surface area contributed by atoms with Crippen LogP contribution in [-0.4, -0.2) is 19.2 Å². The molecule has 0 aromatic heterocycles. The fourth-order valence-electron chi connectivity index (χ4n) is 3.00. The number of sulfonamides is 1. The highest BCUT2D eigenvalue weighted by Crippen LogP contribution is 2.26. The van der Waals surface area contributed by atoms with E-state index < -0.39 is 20.9 Å². The summed E-state index contributed by atoms with van der Waals surface area (Å²) in [7, 11) is -3.96. The maximum absolute atomic E-state index is 12.9. The Morgan fingerprint density at radius 1 is 1.00 bits per heavy atom. The van der Waals surface area contributed by atoms with Crippen LogP contribution >= 0.6 is 11.6 Å². The molecule has 160 valence electrons. The van der Waals surface area contributed by atoms with Crippen molar-refractivity contribution in [3.8, 4) is 0 Å². The lowest BCUT2D eigenvalue weighted by molar-refractivity contribution is -0.385. The highest BCUT2D eigenvalue weighted by atomic mass is 35.5. The van der Waals surface area contributed by atoms with Crippen molar-refractivity contribution in [2.24, 2.45) is 0 Å². The van der Waals surface area contributed by atoms with E-state index in [-0.39, 0.29) is 27.4 Å². The summed E-state index contributed by atoms with van der Waals surface area (Å²) in [6.07, 6.45) is 0. The number of carbonyl (C=O) groups is 1. The molecule has 0 unspecified atom stereocenters. The molecule has 0 spiro atoms. The maximum Gasteiger partial charge on any atom is 0.273 e. The number of nitrogens with one attached hydrogen (secondary N) is 2. The zero-order valence-electron chi connectivity index (χ0n) is 16.5. The lowest BCUT2D eigenvalue weighted by Crippen LogP contribution is -2.17. The van der Waals surface area contributed by atoms with Gasteiger partial charge in [0.05, 0.1) is 15.5 Å². The predicted octanol–water partition coefficient (Wildman–Crippen LogP) is 4.92. The largest absolute Gasteiger partial charge is 0.322 e. The quantitative estimate of drug-likeness (QED) is 0.400. The van der Waals surface area contributed by atoms with Crippen molar-refractivity contribution in [2.75, 3.05) is 10.0 Å². The smallest absolute Gasteiger partial charge is 0.273 e. The number of aryl methyl sites for hydroxylation is 1. The molecule has 8 nitrogen and oxygen atoms in total. The minimum atomic E-state index is -3.96. The molecule has 31 heavy (non-hydrogen) atoms. The molecule has 0 bridgehead atoms. The van der Waals surface area contributed by atoms with E-state index in [1.807, 2.05) is 0 Å². The first-order chi connectivity index (χ1) is 14.6. The van der Waals surface area contributed by atoms with E-state index in [4.69, 9.17) is 11.6 Å². The van der Waals surface area contributed by atoms with Crippen LogP contribution in [0, 0.1) is 24.0 Å². The summed E-state index contributed by atoms with van der Waals surface area (Å²) in [5, 5.41) is 14.1. The minimum absolute atomic E-state index is 0.0268. The lowest BCUT2D eigenvalue weighted by Gasteiger charge is -2.13. The van der Waals surface area contributed by atoms with Crippen LogP contribution in [0.25, 0.3) is 0 Å². The van der Waals surface area contributed by atoms with Gasteiger partial charge in [0, 0.05) is 27.9 Å². The summed E-state index contributed by atoms with van der Waals surface area (Å²) in [5.41, 5.74) is 1.16. The van der Waals surface area contributed by atoms with Crippen LogP contribution in [0.2, 0.25) is 5.02 Å². The van der Waals surface area contributed by atoms with Crippen molar-refractivity contribution >= 4 is 44.6 Å². The fraction of sp³-hybridized carbons (Fsp3) is 0.0952. The van der Waals surface area contributed by atoms with Crippen LogP contribution in [0.1, 0.15) is 21.5 Å². The summed E-state index contributed by atoms with van der Waals surface area (Å²) in [4.78, 5) is 23.2. The van der Waals surface area contributed by atoms with Crippen molar-refractivity contribution in [2.45, 2.75) is 18.7 Å². The lowest BCUT2D eigenvalue weighted by atomic mass is 10.1. The number of nitro groups is 1. The molecule has 0 aliphatic heterocycles. The Morgan fingerprint density at radius 2 is 1.71 bits per heavy atom. The fourth-order valence-corrected chi connectivity index (χ4v) is 4.51. The first kappa shape index (κ1) is 22.3. The molecule has 0 saturated carbocycles. The second-order valence-corrected chi connectivity index (χ2v) is 8.84. The van der Waals surface area contributed by atoms with Gasteiger partial charge in [-0.15, -0.1) is 0 Å². The molecule has 0 radical (unpaired) electrons. The number of carbonyl (C=O) groups excluding carboxylic acids is 1. The van der Waals surface area contributed by atoms with Gasteiger partial charge in [-0.3, -0.25) is 19.6 Å². The van der Waals surface area contributed by atoms with E-state index in [0.29, 0.717) is 16.3 Å². The molecular weight excluding hydrogens is 442 g/mol. The van der Waals surface area contributed by atoms with E-state index in [1.165, 1.54) is 37.3 Å². The number of nitrogens with zero attached hydrogens (tertiary/aromatic N) is 1. The van der Waals surface area contributed by atoms with Crippen LogP contribution < -0.4 is 10.0 Å². The molecule has 0 fully saturated rings. The minimum Gasteiger partial charge on any atom is -0.322 e. The molecule has 0 saturated heterocycles. The third kappa shape index (κ3) is 5.01. The van der Waals surface area contributed by atoms with Gasteiger partial charge in [-0.2, -0.15) is 0 Å². The van der Waals surface area contributed by atoms with E-state index in [2.05, 4.69) is 10.0 Å². The van der Waals surface area contributed by atoms with Crippen molar-refractivity contribution in [3.05, 3.63) is 92.5 Å². The van der Waals surface area contributed by atoms with Gasteiger partial charge in [0.1, 0.15) is 0 Å². The summed E-state index contributed by atoms with van der Waals surface area (Å²) >= 11 is 5.91. The zero-order valence-corrected chi connectivity index (χ0v) is 18.1. The number of halogens is 1. The van der Waals surface area contributed by atoms with Gasteiger partial charge >= 0.3 is 0 Å². The van der Waals surface area contributed by atoms with Crippen molar-refractivity contribution < 1.29 is 18.1 Å². The van der Waals surface area contributed by atoms with Gasteiger partial charge in [-0.1, -0.05) is 29.8 Å². The summed E-state index contributed by atoms with van der Waals surface area (Å²) in [5.74, 6) is -0.587. The van der Waals surface area contributed by atoms with Gasteiger partial charge in [0.2, 0.25) is 0 Å². The Kier molecular flexibility index (Phi) is 6.28. The monoisotopic (exact) mass is 459 g/mol. The Labute approximate surface area is 184 Å². The molecule has 3 rings (SSSR count). The van der Waals surface area contributed by atoms with Gasteiger partial charge in [0.25, 0.3) is 21.6 Å². The number of amides is 1. The second-order valence-electron chi connectivity index (χ2n) is 6.76. The van der Waals surface area contributed by atoms with Gasteiger partial charge < -0.3 is 5.32 Å². The third-order valence-electron chi connectivity index (χ3n) is 4.56. The van der Waals surface area contributed by atoms with Crippen LogP contribution in [0.4, 0.5) is 17.1 Å². The van der Waals surface area contributed by atoms with Gasteiger partial charge in [-0.25, -0.2) is 8.42 Å². The first-order valence-electron chi connectivity index (χ1n) is 9.03. The third-order valence-corrected chi connectivity index (χ3v) is 6.32. The molecule has 2 N–H and O–H groups in total. The molecule has 3 aromatic rings. The maximum atomic E-state index is 12.9. The molecule has 3 aromatic carbocycles. The Hall–Kier alpha value is -3.43. The molecule has 0 aliphatic rings. The number of nitro benzene ring substituents is 1.